The highest BCUT2D eigenvalue weighted by Crippen LogP contribution is 2.26. The summed E-state index contributed by atoms with van der Waals surface area (Å²) in [5, 5.41) is 57.2. The lowest BCUT2D eigenvalue weighted by Crippen LogP contribution is -2.61. The molecule has 83 heavy (non-hydrogen) atoms. The summed E-state index contributed by atoms with van der Waals surface area (Å²) in [6, 6.07) is -1.04. The number of aliphatic hydroxyl groups is 5. The number of allylic oxidation sites excluding steroid dienone is 13. The van der Waals surface area contributed by atoms with Gasteiger partial charge in [-0.1, -0.05) is 279 Å². The summed E-state index contributed by atoms with van der Waals surface area (Å²) in [6.07, 6.45) is 67.7. The van der Waals surface area contributed by atoms with Crippen LogP contribution in [0.1, 0.15) is 297 Å². The summed E-state index contributed by atoms with van der Waals surface area (Å²) in [5.41, 5.74) is 0. The van der Waals surface area contributed by atoms with E-state index in [2.05, 4.69) is 92.9 Å². The Labute approximate surface area is 508 Å². The van der Waals surface area contributed by atoms with Crippen molar-refractivity contribution in [3.63, 3.8) is 0 Å². The minimum absolute atomic E-state index is 0.0457. The van der Waals surface area contributed by atoms with Crippen molar-refractivity contribution in [1.29, 1.82) is 0 Å². The molecule has 1 fully saturated rings. The SMILES string of the molecule is CCCCC/C=C\C/C=C\C/C=C\C/C=C\CCCC(=O)OC1C(OCC(NC(=O)C(O)CCCCCCCCCCCCCCCC/C=C\C/C=C\CCCCC)C(O)/C=C/CCCCCCCCCCCCC)OC(CO)C(O)C1O. The third-order valence-electron chi connectivity index (χ3n) is 15.8. The molecule has 6 N–H and O–H groups in total. The molecule has 1 aliphatic rings. The molecule has 480 valence electrons. The second-order valence-corrected chi connectivity index (χ2v) is 23.6. The highest BCUT2D eigenvalue weighted by Gasteiger charge is 2.47. The first-order chi connectivity index (χ1) is 40.7. The van der Waals surface area contributed by atoms with Crippen LogP contribution in [0.4, 0.5) is 0 Å². The van der Waals surface area contributed by atoms with Gasteiger partial charge in [0.15, 0.2) is 12.4 Å². The molecule has 11 heteroatoms. The van der Waals surface area contributed by atoms with Gasteiger partial charge in [0.05, 0.1) is 25.4 Å². The Bertz CT molecular complexity index is 1670. The number of carbonyl (C=O) groups excluding carboxylic acids is 2. The fourth-order valence-electron chi connectivity index (χ4n) is 10.3. The molecule has 0 radical (unpaired) electrons. The lowest BCUT2D eigenvalue weighted by molar-refractivity contribution is -0.305. The topological polar surface area (TPSA) is 175 Å². The number of ether oxygens (including phenoxy) is 3. The minimum atomic E-state index is -1.64. The zero-order valence-electron chi connectivity index (χ0n) is 53.3. The van der Waals surface area contributed by atoms with E-state index in [-0.39, 0.29) is 19.4 Å². The van der Waals surface area contributed by atoms with E-state index in [1.807, 2.05) is 12.2 Å². The predicted octanol–water partition coefficient (Wildman–Crippen LogP) is 17.3. The molecule has 8 unspecified atom stereocenters. The maximum atomic E-state index is 13.5. The smallest absolute Gasteiger partial charge is 0.306 e. The highest BCUT2D eigenvalue weighted by atomic mass is 16.7. The molecule has 8 atom stereocenters. The van der Waals surface area contributed by atoms with Crippen LogP contribution < -0.4 is 5.32 Å². The molecule has 1 amide bonds. The van der Waals surface area contributed by atoms with Crippen molar-refractivity contribution in [3.05, 3.63) is 85.1 Å². The van der Waals surface area contributed by atoms with Crippen LogP contribution in [-0.2, 0) is 23.8 Å². The van der Waals surface area contributed by atoms with Gasteiger partial charge in [0.2, 0.25) is 5.91 Å². The van der Waals surface area contributed by atoms with E-state index in [4.69, 9.17) is 14.2 Å². The number of esters is 1. The van der Waals surface area contributed by atoms with E-state index >= 15 is 0 Å². The number of rotatable bonds is 58. The van der Waals surface area contributed by atoms with Crippen LogP contribution in [-0.4, -0.2) is 99.6 Å². The maximum Gasteiger partial charge on any atom is 0.306 e. The van der Waals surface area contributed by atoms with Crippen molar-refractivity contribution in [3.8, 4) is 0 Å². The second-order valence-electron chi connectivity index (χ2n) is 23.6. The summed E-state index contributed by atoms with van der Waals surface area (Å²) in [5.74, 6) is -1.25. The number of carbonyl (C=O) groups is 2. The molecule has 1 saturated heterocycles. The van der Waals surface area contributed by atoms with Gasteiger partial charge in [-0.2, -0.15) is 0 Å². The molecule has 0 saturated carbocycles. The van der Waals surface area contributed by atoms with Crippen molar-refractivity contribution < 1.29 is 49.3 Å². The Morgan fingerprint density at radius 1 is 0.470 bits per heavy atom. The number of hydrogen-bond acceptors (Lipinski definition) is 10. The summed E-state index contributed by atoms with van der Waals surface area (Å²) >= 11 is 0. The van der Waals surface area contributed by atoms with Crippen LogP contribution in [0.5, 0.6) is 0 Å². The molecule has 0 aromatic rings. The number of amides is 1. The Morgan fingerprint density at radius 2 is 0.831 bits per heavy atom. The molecular formula is C72H127NO10. The van der Waals surface area contributed by atoms with Gasteiger partial charge in [-0.25, -0.2) is 0 Å². The van der Waals surface area contributed by atoms with Crippen LogP contribution in [0, 0.1) is 0 Å². The summed E-state index contributed by atoms with van der Waals surface area (Å²) in [6.45, 7) is 5.73. The van der Waals surface area contributed by atoms with Crippen LogP contribution in [0.15, 0.2) is 85.1 Å². The van der Waals surface area contributed by atoms with E-state index in [0.717, 1.165) is 70.6 Å². The third-order valence-corrected chi connectivity index (χ3v) is 15.8. The minimum Gasteiger partial charge on any atom is -0.454 e. The van der Waals surface area contributed by atoms with Crippen LogP contribution in [0.2, 0.25) is 0 Å². The van der Waals surface area contributed by atoms with Gasteiger partial charge in [-0.3, -0.25) is 9.59 Å². The first kappa shape index (κ1) is 77.9. The number of nitrogens with one attached hydrogen (secondary N) is 1. The predicted molar refractivity (Wildman–Crippen MR) is 347 cm³/mol. The van der Waals surface area contributed by atoms with Crippen molar-refractivity contribution >= 4 is 11.9 Å². The fraction of sp³-hybridized carbons (Fsp3) is 0.778. The molecule has 1 aliphatic heterocycles. The van der Waals surface area contributed by atoms with E-state index in [0.29, 0.717) is 19.3 Å². The first-order valence-corrected chi connectivity index (χ1v) is 34.4. The first-order valence-electron chi connectivity index (χ1n) is 34.4. The van der Waals surface area contributed by atoms with Gasteiger partial charge in [0.25, 0.3) is 0 Å². The van der Waals surface area contributed by atoms with Gasteiger partial charge in [0, 0.05) is 6.42 Å². The third kappa shape index (κ3) is 46.7. The maximum absolute atomic E-state index is 13.5. The quantitative estimate of drug-likeness (QED) is 0.0195. The molecule has 0 spiro atoms. The Balaban J connectivity index is 2.63. The van der Waals surface area contributed by atoms with Crippen molar-refractivity contribution in [2.75, 3.05) is 13.2 Å². The molecule has 0 aromatic heterocycles. The highest BCUT2D eigenvalue weighted by molar-refractivity contribution is 5.80. The van der Waals surface area contributed by atoms with Crippen molar-refractivity contribution in [2.24, 2.45) is 0 Å². The Kier molecular flexibility index (Phi) is 55.5. The van der Waals surface area contributed by atoms with Crippen LogP contribution >= 0.6 is 0 Å². The number of hydrogen-bond donors (Lipinski definition) is 6. The largest absolute Gasteiger partial charge is 0.454 e. The number of unbranched alkanes of at least 4 members (excludes halogenated alkanes) is 32. The molecule has 1 rings (SSSR count). The van der Waals surface area contributed by atoms with E-state index in [1.165, 1.54) is 173 Å². The summed E-state index contributed by atoms with van der Waals surface area (Å²) in [4.78, 5) is 26.6. The average molecular weight is 1170 g/mol. The van der Waals surface area contributed by atoms with E-state index in [9.17, 15) is 35.1 Å². The standard InChI is InChI=1S/C72H127NO10/c1-4-7-10-13-16-19-22-25-27-29-30-31-32-33-34-35-37-38-41-44-47-50-53-56-59-65(76)71(80)73-63(64(75)58-55-52-49-46-43-40-24-21-18-15-12-9-6-3)62-81-72-70(69(79)68(78)66(61-74)82-72)83-67(77)60-57-54-51-48-45-42-39-36-28-26-23-20-17-14-11-8-5-2/h16-17,19-20,25-28,39,42,48,51,55,58,63-66,68-70,72,74-76,78-79H,4-15,18,21-24,29-38,40-41,43-47,49-50,52-54,56-57,59-62H2,1-3H3,(H,73,80)/b19-16-,20-17-,27-25-,28-26-,42-39-,51-48-,58-55+. The molecule has 0 aliphatic carbocycles. The van der Waals surface area contributed by atoms with Crippen molar-refractivity contribution in [2.45, 2.75) is 346 Å². The second kappa shape index (κ2) is 59.2. The van der Waals surface area contributed by atoms with Crippen molar-refractivity contribution in [1.82, 2.24) is 5.32 Å². The molecule has 0 bridgehead atoms. The van der Waals surface area contributed by atoms with Gasteiger partial charge in [-0.05, 0) is 96.3 Å². The Morgan fingerprint density at radius 3 is 1.27 bits per heavy atom. The molecular weight excluding hydrogens is 1040 g/mol. The normalized spacial score (nSPS) is 19.1. The Hall–Kier alpha value is -3.16. The summed E-state index contributed by atoms with van der Waals surface area (Å²) in [7, 11) is 0. The van der Waals surface area contributed by atoms with E-state index in [1.54, 1.807) is 6.08 Å². The van der Waals surface area contributed by atoms with Crippen LogP contribution in [0.3, 0.4) is 0 Å². The van der Waals surface area contributed by atoms with Gasteiger partial charge in [0.1, 0.15) is 24.4 Å². The molecule has 11 nitrogen and oxygen atoms in total. The average Bonchev–Trinajstić information content (AvgIpc) is 3.58. The summed E-state index contributed by atoms with van der Waals surface area (Å²) < 4.78 is 17.6. The zero-order valence-corrected chi connectivity index (χ0v) is 53.3. The lowest BCUT2D eigenvalue weighted by Gasteiger charge is -2.41. The van der Waals surface area contributed by atoms with Gasteiger partial charge in [-0.15, -0.1) is 0 Å². The molecule has 0 aromatic carbocycles. The fourth-order valence-corrected chi connectivity index (χ4v) is 10.3. The zero-order chi connectivity index (χ0) is 60.3. The molecule has 1 heterocycles. The van der Waals surface area contributed by atoms with Gasteiger partial charge < -0.3 is 45.1 Å². The monoisotopic (exact) mass is 1170 g/mol. The van der Waals surface area contributed by atoms with E-state index < -0.39 is 67.4 Å². The van der Waals surface area contributed by atoms with Crippen LogP contribution in [0.25, 0.3) is 0 Å². The van der Waals surface area contributed by atoms with Gasteiger partial charge >= 0.3 is 5.97 Å². The lowest BCUT2D eigenvalue weighted by atomic mass is 9.99. The number of aliphatic hydroxyl groups excluding tert-OH is 5.